The van der Waals surface area contributed by atoms with E-state index in [-0.39, 0.29) is 64.6 Å². The van der Waals surface area contributed by atoms with Gasteiger partial charge in [-0.1, -0.05) is 11.6 Å². The number of carbonyl (C=O) groups excluding carboxylic acids is 1. The van der Waals surface area contributed by atoms with Crippen LogP contribution in [0.25, 0.3) is 22.0 Å². The van der Waals surface area contributed by atoms with E-state index < -0.39 is 50.6 Å². The molecular weight excluding hydrogens is 575 g/mol. The fraction of sp³-hybridized carbons (Fsp3) is 0.444. The molecule has 3 aromatic rings. The molecule has 0 bridgehead atoms. The minimum atomic E-state index is -4.94. The Labute approximate surface area is 234 Å². The molecule has 2 aromatic carbocycles. The Kier molecular flexibility index (Phi) is 6.47. The molecule has 1 saturated heterocycles. The van der Waals surface area contributed by atoms with E-state index in [1.165, 1.54) is 4.57 Å². The smallest absolute Gasteiger partial charge is 0.353 e. The maximum atomic E-state index is 15.2. The van der Waals surface area contributed by atoms with Crippen LogP contribution in [0.5, 0.6) is 0 Å². The number of alkyl halides is 3. The molecule has 1 N–H and O–H groups in total. The molecule has 6 rings (SSSR count). The summed E-state index contributed by atoms with van der Waals surface area (Å²) in [4.78, 5) is 31.7. The lowest BCUT2D eigenvalue weighted by Crippen LogP contribution is -2.55. The number of benzene rings is 2. The fourth-order valence-electron chi connectivity index (χ4n) is 6.23. The van der Waals surface area contributed by atoms with Crippen LogP contribution >= 0.6 is 23.4 Å². The van der Waals surface area contributed by atoms with Crippen LogP contribution in [0.4, 0.5) is 27.8 Å². The maximum absolute atomic E-state index is 15.2. The zero-order chi connectivity index (χ0) is 28.7. The summed E-state index contributed by atoms with van der Waals surface area (Å²) in [5.74, 6) is -1.97. The molecule has 6 nitrogen and oxygen atoms in total. The van der Waals surface area contributed by atoms with Crippen LogP contribution in [-0.2, 0) is 17.5 Å². The van der Waals surface area contributed by atoms with E-state index in [0.717, 1.165) is 23.9 Å². The molecule has 1 spiro atoms. The first kappa shape index (κ1) is 27.5. The number of anilines is 1. The molecule has 2 aliphatic heterocycles. The number of nitrogens with zero attached hydrogens (tertiary/aromatic N) is 3. The number of hydrogen-bond donors (Lipinski definition) is 1. The van der Waals surface area contributed by atoms with Gasteiger partial charge in [0.1, 0.15) is 23.2 Å². The molecule has 0 amide bonds. The van der Waals surface area contributed by atoms with E-state index >= 15 is 4.39 Å². The van der Waals surface area contributed by atoms with Crippen molar-refractivity contribution >= 4 is 45.9 Å². The highest BCUT2D eigenvalue weighted by Crippen LogP contribution is 2.53. The van der Waals surface area contributed by atoms with Crippen LogP contribution in [-0.4, -0.2) is 46.3 Å². The number of thioether (sulfide) groups is 1. The summed E-state index contributed by atoms with van der Waals surface area (Å²) < 4.78 is 74.9. The van der Waals surface area contributed by atoms with Crippen LogP contribution in [0, 0.1) is 17.0 Å². The summed E-state index contributed by atoms with van der Waals surface area (Å²) >= 11 is 6.97. The maximum Gasteiger partial charge on any atom is 0.417 e. The molecule has 2 fully saturated rings. The van der Waals surface area contributed by atoms with Gasteiger partial charge in [-0.15, -0.1) is 11.8 Å². The van der Waals surface area contributed by atoms with Crippen molar-refractivity contribution in [2.75, 3.05) is 23.7 Å². The van der Waals surface area contributed by atoms with Crippen molar-refractivity contribution in [3.63, 3.8) is 0 Å². The number of hydrogen-bond acceptors (Lipinski definition) is 6. The molecule has 1 aliphatic carbocycles. The largest absolute Gasteiger partial charge is 0.417 e. The summed E-state index contributed by atoms with van der Waals surface area (Å²) in [6, 6.07) is 2.17. The standard InChI is InChI=1S/C27H24ClF5N4O2S/c1-12-8-36(9-13(2)34-12)24-16-3-17(27(31,32)33)21(15-4-18(28)20(30)5-19(15)29)23-22(16)37(25(39)35-24)10-26(11-40-23)6-14(38)7-26/h3-5,12-13,34H,6-11H2,1-2H3/t12-,13+. The van der Waals surface area contributed by atoms with Gasteiger partial charge in [0.15, 0.2) is 0 Å². The Balaban J connectivity index is 1.72. The van der Waals surface area contributed by atoms with Crippen LogP contribution in [0.3, 0.4) is 0 Å². The predicted octanol–water partition coefficient (Wildman–Crippen LogP) is 5.66. The third-order valence-corrected chi connectivity index (χ3v) is 9.53. The number of aromatic nitrogens is 2. The Morgan fingerprint density at radius 3 is 2.38 bits per heavy atom. The minimum absolute atomic E-state index is 0.00298. The molecule has 212 valence electrons. The molecule has 0 radical (unpaired) electrons. The summed E-state index contributed by atoms with van der Waals surface area (Å²) in [6.07, 6.45) is -4.59. The summed E-state index contributed by atoms with van der Waals surface area (Å²) in [5, 5.41) is 2.93. The van der Waals surface area contributed by atoms with Gasteiger partial charge in [0, 0.05) is 83.2 Å². The first-order valence-electron chi connectivity index (χ1n) is 12.8. The molecule has 3 aliphatic rings. The zero-order valence-corrected chi connectivity index (χ0v) is 23.0. The van der Waals surface area contributed by atoms with Gasteiger partial charge in [-0.25, -0.2) is 13.6 Å². The highest BCUT2D eigenvalue weighted by Gasteiger charge is 2.47. The van der Waals surface area contributed by atoms with Crippen LogP contribution < -0.4 is 15.9 Å². The van der Waals surface area contributed by atoms with Gasteiger partial charge in [-0.3, -0.25) is 9.36 Å². The van der Waals surface area contributed by atoms with Crippen molar-refractivity contribution < 1.29 is 26.7 Å². The number of halogens is 6. The minimum Gasteiger partial charge on any atom is -0.353 e. The highest BCUT2D eigenvalue weighted by molar-refractivity contribution is 7.99. The number of rotatable bonds is 2. The third kappa shape index (κ3) is 4.48. The van der Waals surface area contributed by atoms with E-state index in [0.29, 0.717) is 19.2 Å². The Morgan fingerprint density at radius 1 is 1.07 bits per heavy atom. The SMILES string of the molecule is C[C@@H]1CN(c2nc(=O)n3c4c(c(-c5cc(Cl)c(F)cc5F)c(C(F)(F)F)cc24)SCC2(CC(=O)C2)C3)C[C@H](C)N1. The van der Waals surface area contributed by atoms with Gasteiger partial charge in [0.2, 0.25) is 0 Å². The monoisotopic (exact) mass is 598 g/mol. The van der Waals surface area contributed by atoms with Crippen molar-refractivity contribution in [2.24, 2.45) is 5.41 Å². The lowest BCUT2D eigenvalue weighted by Gasteiger charge is -2.39. The molecule has 1 saturated carbocycles. The third-order valence-electron chi connectivity index (χ3n) is 7.80. The van der Waals surface area contributed by atoms with Gasteiger partial charge in [-0.05, 0) is 26.0 Å². The topological polar surface area (TPSA) is 67.2 Å². The van der Waals surface area contributed by atoms with Gasteiger partial charge in [-0.2, -0.15) is 18.2 Å². The molecule has 13 heteroatoms. The second-order valence-electron chi connectivity index (χ2n) is 11.1. The Hall–Kier alpha value is -2.70. The van der Waals surface area contributed by atoms with Crippen LogP contribution in [0.15, 0.2) is 27.9 Å². The first-order chi connectivity index (χ1) is 18.8. The first-order valence-corrected chi connectivity index (χ1v) is 14.1. The van der Waals surface area contributed by atoms with Gasteiger partial charge < -0.3 is 10.2 Å². The number of Topliss-reactive ketones (excluding diaryl/α,β-unsaturated/α-hetero) is 1. The number of nitrogens with one attached hydrogen (secondary N) is 1. The average molecular weight is 599 g/mol. The van der Waals surface area contributed by atoms with E-state index in [1.807, 2.05) is 13.8 Å². The van der Waals surface area contributed by atoms with Crippen molar-refractivity contribution in [3.8, 4) is 11.1 Å². The number of carbonyl (C=O) groups is 1. The summed E-state index contributed by atoms with van der Waals surface area (Å²) in [5.41, 5.74) is -3.29. The summed E-state index contributed by atoms with van der Waals surface area (Å²) in [6.45, 7) is 4.76. The van der Waals surface area contributed by atoms with Gasteiger partial charge in [0.25, 0.3) is 0 Å². The van der Waals surface area contributed by atoms with E-state index in [4.69, 9.17) is 11.6 Å². The highest BCUT2D eigenvalue weighted by atomic mass is 35.5. The summed E-state index contributed by atoms with van der Waals surface area (Å²) in [7, 11) is 0. The average Bonchev–Trinajstić information content (AvgIpc) is 3.01. The second-order valence-corrected chi connectivity index (χ2v) is 12.5. The molecule has 1 aromatic heterocycles. The quantitative estimate of drug-likeness (QED) is 0.304. The van der Waals surface area contributed by atoms with Crippen LogP contribution in [0.1, 0.15) is 32.3 Å². The lowest BCUT2D eigenvalue weighted by atomic mass is 9.69. The molecular formula is C27H24ClF5N4O2S. The van der Waals surface area contributed by atoms with Crippen LogP contribution in [0.2, 0.25) is 5.02 Å². The number of piperazine rings is 1. The van der Waals surface area contributed by atoms with E-state index in [2.05, 4.69) is 10.3 Å². The van der Waals surface area contributed by atoms with Gasteiger partial charge >= 0.3 is 11.9 Å². The molecule has 3 heterocycles. The van der Waals surface area contributed by atoms with E-state index in [1.54, 1.807) is 4.90 Å². The molecule has 0 unspecified atom stereocenters. The normalized spacial score (nSPS) is 22.5. The Morgan fingerprint density at radius 2 is 1.75 bits per heavy atom. The number of ketones is 1. The zero-order valence-electron chi connectivity index (χ0n) is 21.5. The fourth-order valence-corrected chi connectivity index (χ4v) is 7.86. The molecule has 40 heavy (non-hydrogen) atoms. The second kappa shape index (κ2) is 9.42. The lowest BCUT2D eigenvalue weighted by molar-refractivity contribution is -0.137. The Bertz CT molecular complexity index is 1620. The predicted molar refractivity (Wildman–Crippen MR) is 143 cm³/mol. The van der Waals surface area contributed by atoms with Gasteiger partial charge in [0.05, 0.1) is 16.1 Å². The van der Waals surface area contributed by atoms with Crippen molar-refractivity contribution in [3.05, 3.63) is 50.9 Å². The molecule has 2 atom stereocenters. The van der Waals surface area contributed by atoms with Crippen molar-refractivity contribution in [1.82, 2.24) is 14.9 Å². The van der Waals surface area contributed by atoms with Crippen molar-refractivity contribution in [2.45, 2.75) is 56.4 Å². The van der Waals surface area contributed by atoms with E-state index in [9.17, 15) is 27.2 Å². The van der Waals surface area contributed by atoms with Crippen molar-refractivity contribution in [1.29, 1.82) is 0 Å².